The summed E-state index contributed by atoms with van der Waals surface area (Å²) in [6.07, 6.45) is -3.12. The Hall–Kier alpha value is -1.02. The Morgan fingerprint density at radius 1 is 1.31 bits per heavy atom. The average Bonchev–Trinajstić information content (AvgIpc) is 3.36. The van der Waals surface area contributed by atoms with Gasteiger partial charge < -0.3 is 10.6 Å². The maximum Gasteiger partial charge on any atom is 0.405 e. The monoisotopic (exact) mass is 411 g/mol. The van der Waals surface area contributed by atoms with Gasteiger partial charge in [0.05, 0.1) is 5.41 Å². The molecule has 3 rings (SSSR count). The lowest BCUT2D eigenvalue weighted by Crippen LogP contribution is -2.58. The van der Waals surface area contributed by atoms with Gasteiger partial charge in [-0.25, -0.2) is 0 Å². The molecule has 2 fully saturated rings. The zero-order valence-corrected chi connectivity index (χ0v) is 15.7. The molecule has 2 aliphatic rings. The third-order valence-electron chi connectivity index (χ3n) is 4.99. The van der Waals surface area contributed by atoms with Crippen LogP contribution in [0, 0.1) is 0 Å². The number of alkyl halides is 3. The smallest absolute Gasteiger partial charge is 0.353 e. The first kappa shape index (κ1) is 21.3. The van der Waals surface area contributed by atoms with Gasteiger partial charge in [0.25, 0.3) is 0 Å². The van der Waals surface area contributed by atoms with Crippen LogP contribution >= 0.6 is 24.0 Å². The maximum absolute atomic E-state index is 13.4. The van der Waals surface area contributed by atoms with Gasteiger partial charge >= 0.3 is 6.18 Å². The van der Waals surface area contributed by atoms with Gasteiger partial charge in [-0.1, -0.05) is 23.7 Å². The number of carbonyl (C=O) groups excluding carboxylic acids is 1. The van der Waals surface area contributed by atoms with Crippen molar-refractivity contribution in [2.24, 2.45) is 0 Å². The van der Waals surface area contributed by atoms with Crippen molar-refractivity contribution in [3.8, 4) is 0 Å². The predicted molar refractivity (Wildman–Crippen MR) is 96.9 cm³/mol. The number of halogens is 5. The molecule has 1 saturated carbocycles. The topological polar surface area (TPSA) is 44.4 Å². The van der Waals surface area contributed by atoms with Gasteiger partial charge in [0.2, 0.25) is 5.91 Å². The predicted octanol–water partition coefficient (Wildman–Crippen LogP) is 2.75. The van der Waals surface area contributed by atoms with E-state index in [1.807, 2.05) is 0 Å². The summed E-state index contributed by atoms with van der Waals surface area (Å²) >= 11 is 5.98. The van der Waals surface area contributed by atoms with E-state index >= 15 is 0 Å². The Labute approximate surface area is 161 Å². The van der Waals surface area contributed by atoms with Crippen LogP contribution in [0.1, 0.15) is 18.4 Å². The Morgan fingerprint density at radius 3 is 2.50 bits per heavy atom. The third-order valence-corrected chi connectivity index (χ3v) is 5.22. The molecule has 2 N–H and O–H groups in total. The van der Waals surface area contributed by atoms with Crippen molar-refractivity contribution in [2.45, 2.75) is 30.5 Å². The molecule has 1 unspecified atom stereocenters. The van der Waals surface area contributed by atoms with Gasteiger partial charge in [-0.05, 0) is 30.5 Å². The number of carbonyl (C=O) groups is 1. The van der Waals surface area contributed by atoms with Crippen LogP contribution in [0.15, 0.2) is 24.3 Å². The van der Waals surface area contributed by atoms with Crippen LogP contribution in [0.3, 0.4) is 0 Å². The van der Waals surface area contributed by atoms with E-state index in [-0.39, 0.29) is 18.3 Å². The second-order valence-electron chi connectivity index (χ2n) is 6.65. The van der Waals surface area contributed by atoms with E-state index in [1.165, 1.54) is 4.90 Å². The molecule has 0 radical (unpaired) electrons. The van der Waals surface area contributed by atoms with Crippen LogP contribution in [0.5, 0.6) is 0 Å². The van der Waals surface area contributed by atoms with Crippen molar-refractivity contribution in [3.63, 3.8) is 0 Å². The van der Waals surface area contributed by atoms with Gasteiger partial charge in [0, 0.05) is 37.7 Å². The first-order chi connectivity index (χ1) is 11.8. The minimum absolute atomic E-state index is 0. The van der Waals surface area contributed by atoms with Gasteiger partial charge in [-0.3, -0.25) is 9.69 Å². The number of hydrogen-bond acceptors (Lipinski definition) is 3. The normalized spacial score (nSPS) is 20.8. The summed E-state index contributed by atoms with van der Waals surface area (Å²) < 4.78 is 40.2. The zero-order valence-electron chi connectivity index (χ0n) is 14.1. The fraction of sp³-hybridized carbons (Fsp3) is 0.588. The molecular weight excluding hydrogens is 390 g/mol. The van der Waals surface area contributed by atoms with Gasteiger partial charge in [0.15, 0.2) is 0 Å². The van der Waals surface area contributed by atoms with Crippen molar-refractivity contribution in [2.75, 3.05) is 32.7 Å². The summed E-state index contributed by atoms with van der Waals surface area (Å²) in [5.41, 5.74) is 0.0352. The van der Waals surface area contributed by atoms with Crippen molar-refractivity contribution in [3.05, 3.63) is 34.9 Å². The zero-order chi connectivity index (χ0) is 18.1. The molecule has 26 heavy (non-hydrogen) atoms. The Bertz CT molecular complexity index is 632. The molecule has 1 aliphatic heterocycles. The minimum Gasteiger partial charge on any atom is -0.353 e. The largest absolute Gasteiger partial charge is 0.405 e. The summed E-state index contributed by atoms with van der Waals surface area (Å²) in [5.74, 6) is -0.348. The second-order valence-corrected chi connectivity index (χ2v) is 7.08. The van der Waals surface area contributed by atoms with E-state index in [1.54, 1.807) is 24.3 Å². The van der Waals surface area contributed by atoms with E-state index in [2.05, 4.69) is 10.6 Å². The molecule has 1 amide bonds. The molecule has 9 heteroatoms. The molecule has 1 atom stereocenters. The lowest BCUT2D eigenvalue weighted by atomic mass is 9.95. The fourth-order valence-corrected chi connectivity index (χ4v) is 3.55. The van der Waals surface area contributed by atoms with E-state index in [0.717, 1.165) is 5.56 Å². The molecule has 1 heterocycles. The summed E-state index contributed by atoms with van der Waals surface area (Å²) in [6.45, 7) is 1.25. The number of rotatable bonds is 5. The quantitative estimate of drug-likeness (QED) is 0.782. The van der Waals surface area contributed by atoms with E-state index in [4.69, 9.17) is 11.6 Å². The number of nitrogens with one attached hydrogen (secondary N) is 2. The lowest BCUT2D eigenvalue weighted by Gasteiger charge is -2.36. The van der Waals surface area contributed by atoms with Crippen molar-refractivity contribution in [1.82, 2.24) is 15.5 Å². The molecule has 0 spiro atoms. The van der Waals surface area contributed by atoms with Crippen LogP contribution < -0.4 is 10.6 Å². The number of hydrogen-bond donors (Lipinski definition) is 2. The minimum atomic E-state index is -4.38. The third kappa shape index (κ3) is 4.63. The number of benzene rings is 1. The lowest BCUT2D eigenvalue weighted by molar-refractivity contribution is -0.184. The summed E-state index contributed by atoms with van der Waals surface area (Å²) in [7, 11) is 0. The van der Waals surface area contributed by atoms with Crippen molar-refractivity contribution in [1.29, 1.82) is 0 Å². The molecular formula is C17H22Cl2F3N3O. The molecule has 4 nitrogen and oxygen atoms in total. The maximum atomic E-state index is 13.4. The van der Waals surface area contributed by atoms with Crippen LogP contribution in [0.4, 0.5) is 13.2 Å². The highest BCUT2D eigenvalue weighted by Crippen LogP contribution is 2.48. The fourth-order valence-electron chi connectivity index (χ4n) is 3.36. The van der Waals surface area contributed by atoms with Gasteiger partial charge in [0.1, 0.15) is 6.04 Å². The number of piperazine rings is 1. The van der Waals surface area contributed by atoms with Crippen LogP contribution in [-0.4, -0.2) is 55.7 Å². The van der Waals surface area contributed by atoms with Crippen LogP contribution in [-0.2, 0) is 10.2 Å². The second kappa shape index (κ2) is 8.33. The molecule has 1 aromatic rings. The first-order valence-electron chi connectivity index (χ1n) is 8.39. The first-order valence-corrected chi connectivity index (χ1v) is 8.76. The average molecular weight is 412 g/mol. The van der Waals surface area contributed by atoms with E-state index < -0.39 is 24.2 Å². The molecule has 146 valence electrons. The van der Waals surface area contributed by atoms with Gasteiger partial charge in [-0.15, -0.1) is 12.4 Å². The highest BCUT2D eigenvalue weighted by atomic mass is 35.5. The molecule has 0 bridgehead atoms. The standard InChI is InChI=1S/C17H21ClF3N3O.ClH/c18-13-3-1-2-12(10-13)16(4-5-16)15(25)23-11-14(17(19,20)21)24-8-6-22-7-9-24;/h1-3,10,14,22H,4-9,11H2,(H,23,25);1H. The number of amides is 1. The van der Waals surface area contributed by atoms with Crippen molar-refractivity contribution >= 4 is 29.9 Å². The van der Waals surface area contributed by atoms with E-state index in [0.29, 0.717) is 44.0 Å². The molecule has 1 saturated heterocycles. The Morgan fingerprint density at radius 2 is 1.96 bits per heavy atom. The summed E-state index contributed by atoms with van der Waals surface area (Å²) in [4.78, 5) is 14.0. The SMILES string of the molecule is Cl.O=C(NCC(N1CCNCC1)C(F)(F)F)C1(c2cccc(Cl)c2)CC1. The Kier molecular flexibility index (Phi) is 6.82. The summed E-state index contributed by atoms with van der Waals surface area (Å²) in [5, 5.41) is 6.10. The molecule has 1 aliphatic carbocycles. The van der Waals surface area contributed by atoms with Crippen LogP contribution in [0.25, 0.3) is 0 Å². The Balaban J connectivity index is 0.00000243. The molecule has 0 aromatic heterocycles. The van der Waals surface area contributed by atoms with Crippen LogP contribution in [0.2, 0.25) is 5.02 Å². The van der Waals surface area contributed by atoms with E-state index in [9.17, 15) is 18.0 Å². The molecule has 1 aromatic carbocycles. The summed E-state index contributed by atoms with van der Waals surface area (Å²) in [6, 6.07) is 5.32. The van der Waals surface area contributed by atoms with Crippen molar-refractivity contribution < 1.29 is 18.0 Å². The highest BCUT2D eigenvalue weighted by molar-refractivity contribution is 6.30. The van der Waals surface area contributed by atoms with Gasteiger partial charge in [-0.2, -0.15) is 13.2 Å². The number of nitrogens with zero attached hydrogens (tertiary/aromatic N) is 1. The highest BCUT2D eigenvalue weighted by Gasteiger charge is 2.52.